The Hall–Kier alpha value is -2.49. The van der Waals surface area contributed by atoms with Gasteiger partial charge in [-0.2, -0.15) is 9.97 Å². The summed E-state index contributed by atoms with van der Waals surface area (Å²) < 4.78 is 9.92. The number of amides is 1. The van der Waals surface area contributed by atoms with Crippen molar-refractivity contribution in [3.05, 3.63) is 11.1 Å². The first-order chi connectivity index (χ1) is 9.12. The molecule has 0 saturated carbocycles. The molecule has 0 aliphatic heterocycles. The molecule has 0 atom stereocenters. The van der Waals surface area contributed by atoms with Gasteiger partial charge in [0.25, 0.3) is 5.91 Å². The number of nitrogens with two attached hydrogens (primary N) is 1. The Kier molecular flexibility index (Phi) is 3.71. The fourth-order valence-corrected chi connectivity index (χ4v) is 1.66. The number of nitrogen functional groups attached to an aromatic ring is 1. The summed E-state index contributed by atoms with van der Waals surface area (Å²) >= 11 is 0.960. The molecule has 0 aliphatic carbocycles. The highest BCUT2D eigenvalue weighted by Crippen LogP contribution is 2.18. The van der Waals surface area contributed by atoms with Crippen molar-refractivity contribution in [3.8, 4) is 11.8 Å². The first-order valence-electron chi connectivity index (χ1n) is 4.99. The molecule has 3 N–H and O–H groups in total. The molecular formula is C9H10N6O3S. The Morgan fingerprint density at radius 2 is 1.89 bits per heavy atom. The lowest BCUT2D eigenvalue weighted by Gasteiger charge is -2.06. The minimum absolute atomic E-state index is 0.0370. The topological polar surface area (TPSA) is 125 Å². The lowest BCUT2D eigenvalue weighted by atomic mass is 10.5. The number of rotatable bonds is 4. The maximum Gasteiger partial charge on any atom is 0.289 e. The summed E-state index contributed by atoms with van der Waals surface area (Å²) in [6.45, 7) is 0. The van der Waals surface area contributed by atoms with Gasteiger partial charge in [-0.25, -0.2) is 0 Å². The largest absolute Gasteiger partial charge is 0.481 e. The number of anilines is 2. The van der Waals surface area contributed by atoms with Crippen LogP contribution < -0.4 is 20.5 Å². The van der Waals surface area contributed by atoms with Crippen molar-refractivity contribution < 1.29 is 14.3 Å². The summed E-state index contributed by atoms with van der Waals surface area (Å²) in [5.41, 5.74) is 5.39. The SMILES string of the molecule is COc1cc(OC)nc(NC(=O)c2nnc(N)s2)n1. The molecule has 19 heavy (non-hydrogen) atoms. The number of carbonyl (C=O) groups excluding carboxylic acids is 1. The van der Waals surface area contributed by atoms with Crippen LogP contribution in [0.1, 0.15) is 9.80 Å². The van der Waals surface area contributed by atoms with E-state index in [4.69, 9.17) is 15.2 Å². The van der Waals surface area contributed by atoms with Gasteiger partial charge in [0, 0.05) is 0 Å². The summed E-state index contributed by atoms with van der Waals surface area (Å²) in [6.07, 6.45) is 0. The minimum atomic E-state index is -0.510. The van der Waals surface area contributed by atoms with Crippen LogP contribution in [-0.4, -0.2) is 40.3 Å². The van der Waals surface area contributed by atoms with E-state index in [1.165, 1.54) is 20.3 Å². The molecule has 0 aliphatic rings. The van der Waals surface area contributed by atoms with Crippen molar-refractivity contribution in [2.45, 2.75) is 0 Å². The quantitative estimate of drug-likeness (QED) is 0.813. The summed E-state index contributed by atoms with van der Waals surface area (Å²) in [5.74, 6) is 0.0531. The lowest BCUT2D eigenvalue weighted by Crippen LogP contribution is -2.14. The number of hydrogen-bond donors (Lipinski definition) is 2. The summed E-state index contributed by atoms with van der Waals surface area (Å²) in [6, 6.07) is 1.48. The second kappa shape index (κ2) is 5.44. The van der Waals surface area contributed by atoms with Crippen LogP contribution in [0, 0.1) is 0 Å². The maximum absolute atomic E-state index is 11.8. The highest BCUT2D eigenvalue weighted by molar-refractivity contribution is 7.16. The Labute approximate surface area is 111 Å². The van der Waals surface area contributed by atoms with Crippen molar-refractivity contribution in [3.63, 3.8) is 0 Å². The van der Waals surface area contributed by atoms with Crippen molar-refractivity contribution in [2.75, 3.05) is 25.3 Å². The van der Waals surface area contributed by atoms with Crippen molar-refractivity contribution >= 4 is 28.3 Å². The van der Waals surface area contributed by atoms with Crippen LogP contribution in [0.3, 0.4) is 0 Å². The van der Waals surface area contributed by atoms with Crippen molar-refractivity contribution in [1.82, 2.24) is 20.2 Å². The monoisotopic (exact) mass is 282 g/mol. The molecule has 2 aromatic rings. The molecule has 0 unspecified atom stereocenters. The van der Waals surface area contributed by atoms with E-state index in [1.54, 1.807) is 0 Å². The number of carbonyl (C=O) groups is 1. The summed E-state index contributed by atoms with van der Waals surface area (Å²) in [7, 11) is 2.89. The van der Waals surface area contributed by atoms with E-state index in [0.717, 1.165) is 11.3 Å². The van der Waals surface area contributed by atoms with Crippen LogP contribution in [-0.2, 0) is 0 Å². The van der Waals surface area contributed by atoms with Crippen molar-refractivity contribution in [2.24, 2.45) is 0 Å². The fraction of sp³-hybridized carbons (Fsp3) is 0.222. The van der Waals surface area contributed by atoms with Gasteiger partial charge in [0.05, 0.1) is 20.3 Å². The second-order valence-corrected chi connectivity index (χ2v) is 4.18. The maximum atomic E-state index is 11.8. The van der Waals surface area contributed by atoms with E-state index < -0.39 is 5.91 Å². The van der Waals surface area contributed by atoms with Crippen LogP contribution in [0.5, 0.6) is 11.8 Å². The Bertz CT molecular complexity index is 579. The van der Waals surface area contributed by atoms with Gasteiger partial charge in [-0.05, 0) is 0 Å². The average molecular weight is 282 g/mol. The van der Waals surface area contributed by atoms with E-state index in [2.05, 4.69) is 25.5 Å². The zero-order valence-electron chi connectivity index (χ0n) is 10.1. The van der Waals surface area contributed by atoms with Gasteiger partial charge < -0.3 is 15.2 Å². The molecule has 0 spiro atoms. The molecule has 2 aromatic heterocycles. The number of aromatic nitrogens is 4. The van der Waals surface area contributed by atoms with Gasteiger partial charge in [0.15, 0.2) is 0 Å². The first kappa shape index (κ1) is 13.0. The van der Waals surface area contributed by atoms with Crippen LogP contribution in [0.15, 0.2) is 6.07 Å². The summed E-state index contributed by atoms with van der Waals surface area (Å²) in [4.78, 5) is 19.7. The zero-order chi connectivity index (χ0) is 13.8. The number of ether oxygens (including phenoxy) is 2. The number of hydrogen-bond acceptors (Lipinski definition) is 9. The van der Waals surface area contributed by atoms with Crippen LogP contribution in [0.25, 0.3) is 0 Å². The third-order valence-corrected chi connectivity index (χ3v) is 2.71. The third-order valence-electron chi connectivity index (χ3n) is 1.96. The summed E-state index contributed by atoms with van der Waals surface area (Å²) in [5, 5.41) is 9.92. The van der Waals surface area contributed by atoms with E-state index in [0.29, 0.717) is 0 Å². The van der Waals surface area contributed by atoms with Gasteiger partial charge in [0.1, 0.15) is 0 Å². The molecule has 0 bridgehead atoms. The normalized spacial score (nSPS) is 10.0. The molecule has 0 aromatic carbocycles. The molecular weight excluding hydrogens is 272 g/mol. The van der Waals surface area contributed by atoms with Crippen LogP contribution >= 0.6 is 11.3 Å². The fourth-order valence-electron chi connectivity index (χ4n) is 1.15. The van der Waals surface area contributed by atoms with Crippen LogP contribution in [0.2, 0.25) is 0 Å². The van der Waals surface area contributed by atoms with Gasteiger partial charge in [-0.3, -0.25) is 10.1 Å². The first-order valence-corrected chi connectivity index (χ1v) is 5.81. The lowest BCUT2D eigenvalue weighted by molar-refractivity contribution is 0.102. The van der Waals surface area contributed by atoms with E-state index in [1.807, 2.05) is 0 Å². The molecule has 9 nitrogen and oxygen atoms in total. The van der Waals surface area contributed by atoms with E-state index in [9.17, 15) is 4.79 Å². The van der Waals surface area contributed by atoms with E-state index in [-0.39, 0.29) is 27.8 Å². The average Bonchev–Trinajstić information content (AvgIpc) is 2.85. The molecule has 0 fully saturated rings. The van der Waals surface area contributed by atoms with Crippen molar-refractivity contribution in [1.29, 1.82) is 0 Å². The predicted molar refractivity (Wildman–Crippen MR) is 67.4 cm³/mol. The molecule has 0 radical (unpaired) electrons. The second-order valence-electron chi connectivity index (χ2n) is 3.18. The van der Waals surface area contributed by atoms with E-state index >= 15 is 0 Å². The minimum Gasteiger partial charge on any atom is -0.481 e. The van der Waals surface area contributed by atoms with Gasteiger partial charge >= 0.3 is 0 Å². The highest BCUT2D eigenvalue weighted by atomic mass is 32.1. The molecule has 0 saturated heterocycles. The third kappa shape index (κ3) is 3.04. The number of methoxy groups -OCH3 is 2. The smallest absolute Gasteiger partial charge is 0.289 e. The molecule has 10 heteroatoms. The Balaban J connectivity index is 2.20. The highest BCUT2D eigenvalue weighted by Gasteiger charge is 2.14. The zero-order valence-corrected chi connectivity index (χ0v) is 10.9. The molecule has 100 valence electrons. The van der Waals surface area contributed by atoms with Gasteiger partial charge in [-0.1, -0.05) is 11.3 Å². The Morgan fingerprint density at radius 3 is 2.37 bits per heavy atom. The molecule has 1 amide bonds. The predicted octanol–water partition coefficient (Wildman–Crippen LogP) is 0.180. The number of nitrogens with one attached hydrogen (secondary N) is 1. The standard InChI is InChI=1S/C9H10N6O3S/c1-17-4-3-5(18-2)12-9(11-4)13-6(16)7-14-15-8(10)19-7/h3H,1-2H3,(H2,10,15)(H,11,12,13,16). The van der Waals surface area contributed by atoms with Gasteiger partial charge in [0.2, 0.25) is 27.8 Å². The van der Waals surface area contributed by atoms with Crippen LogP contribution in [0.4, 0.5) is 11.1 Å². The van der Waals surface area contributed by atoms with Gasteiger partial charge in [-0.15, -0.1) is 10.2 Å². The Morgan fingerprint density at radius 1 is 1.26 bits per heavy atom. The molecule has 2 rings (SSSR count). The number of nitrogens with zero attached hydrogens (tertiary/aromatic N) is 4. The molecule has 2 heterocycles.